The molecule has 6 nitrogen and oxygen atoms in total. The molecule has 0 amide bonds. The maximum absolute atomic E-state index is 10.6. The van der Waals surface area contributed by atoms with Crippen LogP contribution in [0, 0.1) is 0 Å². The molecule has 0 atom stereocenters. The van der Waals surface area contributed by atoms with E-state index >= 15 is 0 Å². The first-order chi connectivity index (χ1) is 4.93. The van der Waals surface area contributed by atoms with Crippen LogP contribution in [0.25, 0.3) is 0 Å². The number of rotatable bonds is 1. The number of aromatic hydroxyl groups is 1. The molecule has 0 aliphatic rings. The van der Waals surface area contributed by atoms with Crippen LogP contribution in [0.5, 0.6) is 5.75 Å². The molecule has 0 unspecified atom stereocenters. The fourth-order valence-electron chi connectivity index (χ4n) is 0.468. The number of nitrogens with two attached hydrogens (primary N) is 2. The van der Waals surface area contributed by atoms with Crippen molar-refractivity contribution in [1.82, 2.24) is 4.37 Å². The van der Waals surface area contributed by atoms with Crippen molar-refractivity contribution in [1.29, 1.82) is 0 Å². The summed E-state index contributed by atoms with van der Waals surface area (Å²) in [5.41, 5.74) is 5.07. The number of sulfonamides is 1. The number of hydrogen-bond acceptors (Lipinski definition) is 6. The Balaban J connectivity index is 3.38. The second-order valence-electron chi connectivity index (χ2n) is 1.75. The highest BCUT2D eigenvalue weighted by Gasteiger charge is 2.19. The van der Waals surface area contributed by atoms with E-state index in [4.69, 9.17) is 16.0 Å². The molecule has 1 aromatic heterocycles. The molecule has 0 bridgehead atoms. The fraction of sp³-hybridized carbons (Fsp3) is 0. The molecule has 1 rings (SSSR count). The van der Waals surface area contributed by atoms with Crippen LogP contribution in [0.4, 0.5) is 5.82 Å². The van der Waals surface area contributed by atoms with Crippen LogP contribution in [0.3, 0.4) is 0 Å². The molecule has 1 aromatic rings. The van der Waals surface area contributed by atoms with Crippen molar-refractivity contribution in [3.63, 3.8) is 0 Å². The monoisotopic (exact) mass is 195 g/mol. The van der Waals surface area contributed by atoms with E-state index in [-0.39, 0.29) is 5.82 Å². The third-order valence-electron chi connectivity index (χ3n) is 0.921. The lowest BCUT2D eigenvalue weighted by Gasteiger charge is -1.91. The van der Waals surface area contributed by atoms with E-state index in [1.807, 2.05) is 0 Å². The second kappa shape index (κ2) is 2.32. The van der Waals surface area contributed by atoms with Gasteiger partial charge in [-0.3, -0.25) is 0 Å². The zero-order valence-corrected chi connectivity index (χ0v) is 6.82. The number of hydrogen-bond donors (Lipinski definition) is 3. The van der Waals surface area contributed by atoms with Gasteiger partial charge in [-0.2, -0.15) is 4.37 Å². The molecular weight excluding hydrogens is 190 g/mol. The first-order valence-corrected chi connectivity index (χ1v) is 4.72. The Morgan fingerprint density at radius 1 is 1.55 bits per heavy atom. The van der Waals surface area contributed by atoms with Crippen molar-refractivity contribution in [2.24, 2.45) is 5.14 Å². The van der Waals surface area contributed by atoms with Gasteiger partial charge in [0.15, 0.2) is 15.8 Å². The Morgan fingerprint density at radius 2 is 2.09 bits per heavy atom. The van der Waals surface area contributed by atoms with Gasteiger partial charge in [-0.1, -0.05) is 0 Å². The summed E-state index contributed by atoms with van der Waals surface area (Å²) in [6.07, 6.45) is 0. The van der Waals surface area contributed by atoms with Crippen LogP contribution in [0.15, 0.2) is 4.21 Å². The van der Waals surface area contributed by atoms with Crippen molar-refractivity contribution >= 4 is 27.4 Å². The van der Waals surface area contributed by atoms with Gasteiger partial charge in [0.2, 0.25) is 0 Å². The van der Waals surface area contributed by atoms with Crippen molar-refractivity contribution in [3.05, 3.63) is 0 Å². The van der Waals surface area contributed by atoms with E-state index in [0.29, 0.717) is 11.5 Å². The van der Waals surface area contributed by atoms with E-state index in [1.165, 1.54) is 0 Å². The topological polar surface area (TPSA) is 119 Å². The van der Waals surface area contributed by atoms with Crippen LogP contribution in [-0.2, 0) is 10.0 Å². The van der Waals surface area contributed by atoms with E-state index in [9.17, 15) is 8.42 Å². The van der Waals surface area contributed by atoms with Gasteiger partial charge in [0, 0.05) is 0 Å². The van der Waals surface area contributed by atoms with Gasteiger partial charge in [-0.05, 0) is 11.5 Å². The summed E-state index contributed by atoms with van der Waals surface area (Å²) in [5.74, 6) is -0.795. The lowest BCUT2D eigenvalue weighted by atomic mass is 10.6. The van der Waals surface area contributed by atoms with Crippen molar-refractivity contribution in [2.75, 3.05) is 5.73 Å². The smallest absolute Gasteiger partial charge is 0.252 e. The van der Waals surface area contributed by atoms with Gasteiger partial charge in [0.1, 0.15) is 0 Å². The Labute approximate surface area is 66.7 Å². The summed E-state index contributed by atoms with van der Waals surface area (Å²) in [5, 5.41) is 13.6. The average Bonchev–Trinajstić information content (AvgIpc) is 2.11. The number of anilines is 1. The predicted molar refractivity (Wildman–Crippen MR) is 39.6 cm³/mol. The molecule has 5 N–H and O–H groups in total. The summed E-state index contributed by atoms with van der Waals surface area (Å²) in [6.45, 7) is 0. The van der Waals surface area contributed by atoms with Crippen LogP contribution < -0.4 is 10.9 Å². The van der Waals surface area contributed by atoms with Gasteiger partial charge >= 0.3 is 0 Å². The number of primary sulfonamides is 1. The summed E-state index contributed by atoms with van der Waals surface area (Å²) in [4.78, 5) is 0. The fourth-order valence-corrected chi connectivity index (χ4v) is 1.83. The molecular formula is C3H5N3O3S2. The number of aromatic nitrogens is 1. The molecule has 62 valence electrons. The Kier molecular flexibility index (Phi) is 1.74. The molecule has 0 radical (unpaired) electrons. The highest BCUT2D eigenvalue weighted by molar-refractivity contribution is 7.91. The third-order valence-corrected chi connectivity index (χ3v) is 3.20. The molecule has 11 heavy (non-hydrogen) atoms. The lowest BCUT2D eigenvalue weighted by molar-refractivity contribution is 0.466. The molecule has 8 heteroatoms. The summed E-state index contributed by atoms with van der Waals surface area (Å²) in [7, 11) is -3.89. The first kappa shape index (κ1) is 8.24. The first-order valence-electron chi connectivity index (χ1n) is 2.40. The molecule has 0 saturated carbocycles. The molecule has 0 fully saturated rings. The van der Waals surface area contributed by atoms with E-state index in [0.717, 1.165) is 0 Å². The quantitative estimate of drug-likeness (QED) is 0.535. The van der Waals surface area contributed by atoms with Crippen molar-refractivity contribution in [2.45, 2.75) is 4.21 Å². The summed E-state index contributed by atoms with van der Waals surface area (Å²) in [6, 6.07) is 0. The van der Waals surface area contributed by atoms with Crippen LogP contribution in [0.1, 0.15) is 0 Å². The van der Waals surface area contributed by atoms with Crippen LogP contribution in [0.2, 0.25) is 0 Å². The largest absolute Gasteiger partial charge is 0.503 e. The standard InChI is InChI=1S/C3H5N3O3S2/c4-2-1(7)3(10-6-2)11(5,8)9/h7H,(H2,4,6)(H2,5,8,9). The van der Waals surface area contributed by atoms with Gasteiger partial charge in [0.05, 0.1) is 0 Å². The van der Waals surface area contributed by atoms with Crippen LogP contribution >= 0.6 is 11.5 Å². The minimum absolute atomic E-state index is 0.223. The van der Waals surface area contributed by atoms with Crippen molar-refractivity contribution in [3.8, 4) is 5.75 Å². The molecule has 0 aromatic carbocycles. The zero-order chi connectivity index (χ0) is 8.65. The van der Waals surface area contributed by atoms with Crippen molar-refractivity contribution < 1.29 is 13.5 Å². The molecule has 0 aliphatic heterocycles. The Hall–Kier alpha value is -0.860. The lowest BCUT2D eigenvalue weighted by Crippen LogP contribution is -2.10. The summed E-state index contributed by atoms with van der Waals surface area (Å²) < 4.78 is 24.2. The Bertz CT molecular complexity index is 367. The number of nitrogen functional groups attached to an aromatic ring is 1. The van der Waals surface area contributed by atoms with E-state index in [1.54, 1.807) is 0 Å². The van der Waals surface area contributed by atoms with Gasteiger partial charge < -0.3 is 10.8 Å². The molecule has 0 aliphatic carbocycles. The highest BCUT2D eigenvalue weighted by atomic mass is 32.2. The molecule has 0 spiro atoms. The third kappa shape index (κ3) is 1.42. The zero-order valence-electron chi connectivity index (χ0n) is 5.18. The van der Waals surface area contributed by atoms with Crippen LogP contribution in [-0.4, -0.2) is 17.9 Å². The Morgan fingerprint density at radius 3 is 2.27 bits per heavy atom. The molecule has 1 heterocycles. The molecule has 0 saturated heterocycles. The maximum atomic E-state index is 10.6. The van der Waals surface area contributed by atoms with E-state index in [2.05, 4.69) is 4.37 Å². The average molecular weight is 195 g/mol. The van der Waals surface area contributed by atoms with Gasteiger partial charge in [-0.15, -0.1) is 0 Å². The predicted octanol–water partition coefficient (Wildman–Crippen LogP) is -0.922. The summed E-state index contributed by atoms with van der Waals surface area (Å²) >= 11 is 0.545. The minimum atomic E-state index is -3.89. The normalized spacial score (nSPS) is 11.7. The SMILES string of the molecule is Nc1nsc(S(N)(=O)=O)c1O. The minimum Gasteiger partial charge on any atom is -0.503 e. The number of nitrogens with zero attached hydrogens (tertiary/aromatic N) is 1. The van der Waals surface area contributed by atoms with Gasteiger partial charge in [-0.25, -0.2) is 13.6 Å². The maximum Gasteiger partial charge on any atom is 0.252 e. The second-order valence-corrected chi connectivity index (χ2v) is 4.28. The van der Waals surface area contributed by atoms with E-state index < -0.39 is 20.0 Å². The van der Waals surface area contributed by atoms with Gasteiger partial charge in [0.25, 0.3) is 10.0 Å². The highest BCUT2D eigenvalue weighted by Crippen LogP contribution is 2.30.